The first-order chi connectivity index (χ1) is 10.7. The molecule has 0 saturated carbocycles. The van der Waals surface area contributed by atoms with Gasteiger partial charge in [-0.3, -0.25) is 0 Å². The van der Waals surface area contributed by atoms with Crippen molar-refractivity contribution in [2.75, 3.05) is 14.2 Å². The van der Waals surface area contributed by atoms with E-state index in [1.165, 1.54) is 26.4 Å². The Hall–Kier alpha value is -2.26. The maximum absolute atomic E-state index is 5.33. The minimum atomic E-state index is 0.881. The molecule has 2 nitrogen and oxygen atoms in total. The zero-order valence-electron chi connectivity index (χ0n) is 12.9. The van der Waals surface area contributed by atoms with E-state index in [0.717, 1.165) is 11.5 Å². The number of hydrogen-bond donors (Lipinski definition) is 0. The van der Waals surface area contributed by atoms with Crippen molar-refractivity contribution >= 4 is 11.3 Å². The molecule has 0 aliphatic carbocycles. The van der Waals surface area contributed by atoms with Crippen LogP contribution >= 0.6 is 11.3 Å². The van der Waals surface area contributed by atoms with Crippen LogP contribution in [0.3, 0.4) is 0 Å². The highest BCUT2D eigenvalue weighted by molar-refractivity contribution is 7.19. The van der Waals surface area contributed by atoms with Crippen LogP contribution in [0.15, 0.2) is 54.6 Å². The zero-order valence-corrected chi connectivity index (χ0v) is 13.7. The Labute approximate surface area is 135 Å². The molecule has 0 bridgehead atoms. The van der Waals surface area contributed by atoms with E-state index in [4.69, 9.17) is 9.47 Å². The smallest absolute Gasteiger partial charge is 0.119 e. The van der Waals surface area contributed by atoms with Crippen LogP contribution in [-0.4, -0.2) is 14.2 Å². The molecule has 112 valence electrons. The number of rotatable bonds is 4. The van der Waals surface area contributed by atoms with E-state index < -0.39 is 0 Å². The second-order valence-corrected chi connectivity index (χ2v) is 6.14. The summed E-state index contributed by atoms with van der Waals surface area (Å²) in [7, 11) is 3.39. The summed E-state index contributed by atoms with van der Waals surface area (Å²) in [5.74, 6) is 1.76. The average molecular weight is 310 g/mol. The average Bonchev–Trinajstić information content (AvgIpc) is 2.97. The molecule has 3 heteroatoms. The Morgan fingerprint density at radius 2 is 1.36 bits per heavy atom. The third-order valence-electron chi connectivity index (χ3n) is 3.60. The molecule has 1 aromatic heterocycles. The summed E-state index contributed by atoms with van der Waals surface area (Å²) >= 11 is 1.79. The fraction of sp³-hybridized carbons (Fsp3) is 0.158. The first-order valence-corrected chi connectivity index (χ1v) is 7.92. The van der Waals surface area contributed by atoms with Gasteiger partial charge in [-0.1, -0.05) is 24.3 Å². The van der Waals surface area contributed by atoms with Gasteiger partial charge < -0.3 is 9.47 Å². The van der Waals surface area contributed by atoms with Gasteiger partial charge >= 0.3 is 0 Å². The van der Waals surface area contributed by atoms with Crippen LogP contribution in [0.25, 0.3) is 20.9 Å². The number of ether oxygens (including phenoxy) is 2. The maximum atomic E-state index is 5.33. The molecule has 1 heterocycles. The normalized spacial score (nSPS) is 10.5. The molecule has 0 saturated heterocycles. The first kappa shape index (κ1) is 14.7. The van der Waals surface area contributed by atoms with Crippen molar-refractivity contribution in [1.29, 1.82) is 0 Å². The summed E-state index contributed by atoms with van der Waals surface area (Å²) in [4.78, 5) is 2.52. The lowest BCUT2D eigenvalue weighted by atomic mass is 10.1. The van der Waals surface area contributed by atoms with E-state index >= 15 is 0 Å². The van der Waals surface area contributed by atoms with Crippen LogP contribution in [0.1, 0.15) is 5.56 Å². The number of thiophene rings is 1. The molecule has 3 aromatic rings. The van der Waals surface area contributed by atoms with E-state index in [9.17, 15) is 0 Å². The fourth-order valence-electron chi connectivity index (χ4n) is 2.45. The highest BCUT2D eigenvalue weighted by Crippen LogP contribution is 2.39. The van der Waals surface area contributed by atoms with Crippen LogP contribution in [0.2, 0.25) is 0 Å². The minimum absolute atomic E-state index is 0.881. The topological polar surface area (TPSA) is 18.5 Å². The lowest BCUT2D eigenvalue weighted by Crippen LogP contribution is -1.82. The van der Waals surface area contributed by atoms with Gasteiger partial charge in [0.05, 0.1) is 14.2 Å². The van der Waals surface area contributed by atoms with Gasteiger partial charge in [-0.25, -0.2) is 0 Å². The van der Waals surface area contributed by atoms with E-state index in [-0.39, 0.29) is 0 Å². The minimum Gasteiger partial charge on any atom is -0.497 e. The van der Waals surface area contributed by atoms with Gasteiger partial charge in [0, 0.05) is 9.75 Å². The standard InChI is InChI=1S/C19H18O2S/c1-13-10-18(14-6-4-8-16(11-14)20-2)22-19(13)15-7-5-9-17(12-15)21-3/h4-12H,1-3H3. The molecule has 0 aliphatic heterocycles. The van der Waals surface area contributed by atoms with Gasteiger partial charge in [0.2, 0.25) is 0 Å². The quantitative estimate of drug-likeness (QED) is 0.641. The van der Waals surface area contributed by atoms with Crippen LogP contribution in [0.5, 0.6) is 11.5 Å². The molecule has 2 aromatic carbocycles. The van der Waals surface area contributed by atoms with Crippen LogP contribution in [-0.2, 0) is 0 Å². The Morgan fingerprint density at radius 3 is 2.00 bits per heavy atom. The van der Waals surface area contributed by atoms with Gasteiger partial charge in [0.25, 0.3) is 0 Å². The second kappa shape index (κ2) is 6.24. The Morgan fingerprint density at radius 1 is 0.773 bits per heavy atom. The fourth-order valence-corrected chi connectivity index (χ4v) is 3.62. The van der Waals surface area contributed by atoms with Crippen LogP contribution < -0.4 is 9.47 Å². The Bertz CT molecular complexity index is 790. The van der Waals surface area contributed by atoms with Crippen molar-refractivity contribution in [2.45, 2.75) is 6.92 Å². The van der Waals surface area contributed by atoms with Gasteiger partial charge in [0.15, 0.2) is 0 Å². The number of methoxy groups -OCH3 is 2. The number of aryl methyl sites for hydroxylation is 1. The molecule has 0 N–H and O–H groups in total. The Kier molecular flexibility index (Phi) is 4.16. The summed E-state index contributed by atoms with van der Waals surface area (Å²) in [5.41, 5.74) is 3.65. The molecule has 0 fully saturated rings. The van der Waals surface area contributed by atoms with Gasteiger partial charge in [0.1, 0.15) is 11.5 Å². The number of benzene rings is 2. The SMILES string of the molecule is COc1cccc(-c2cc(C)c(-c3cccc(OC)c3)s2)c1. The Balaban J connectivity index is 2.03. The van der Waals surface area contributed by atoms with E-state index in [1.54, 1.807) is 25.6 Å². The van der Waals surface area contributed by atoms with Crippen molar-refractivity contribution in [2.24, 2.45) is 0 Å². The van der Waals surface area contributed by atoms with Crippen LogP contribution in [0, 0.1) is 6.92 Å². The molecular formula is C19H18O2S. The number of hydrogen-bond acceptors (Lipinski definition) is 3. The zero-order chi connectivity index (χ0) is 15.5. The largest absolute Gasteiger partial charge is 0.497 e. The molecule has 0 unspecified atom stereocenters. The molecular weight excluding hydrogens is 292 g/mol. The van der Waals surface area contributed by atoms with Gasteiger partial charge in [-0.2, -0.15) is 0 Å². The molecule has 0 atom stereocenters. The van der Waals surface area contributed by atoms with E-state index in [0.29, 0.717) is 0 Å². The molecule has 0 spiro atoms. The molecule has 0 amide bonds. The van der Waals surface area contributed by atoms with Gasteiger partial charge in [-0.15, -0.1) is 11.3 Å². The van der Waals surface area contributed by atoms with Crippen LogP contribution in [0.4, 0.5) is 0 Å². The molecule has 0 aliphatic rings. The summed E-state index contributed by atoms with van der Waals surface area (Å²) in [6.07, 6.45) is 0. The highest BCUT2D eigenvalue weighted by atomic mass is 32.1. The summed E-state index contributed by atoms with van der Waals surface area (Å²) < 4.78 is 10.6. The molecule has 3 rings (SSSR count). The van der Waals surface area contributed by atoms with Crippen molar-refractivity contribution in [3.8, 4) is 32.4 Å². The van der Waals surface area contributed by atoms with E-state index in [2.05, 4.69) is 37.3 Å². The van der Waals surface area contributed by atoms with Gasteiger partial charge in [-0.05, 0) is 53.9 Å². The lowest BCUT2D eigenvalue weighted by molar-refractivity contribution is 0.415. The molecule has 0 radical (unpaired) electrons. The summed E-state index contributed by atoms with van der Waals surface area (Å²) in [6.45, 7) is 2.15. The predicted molar refractivity (Wildman–Crippen MR) is 93.0 cm³/mol. The third-order valence-corrected chi connectivity index (χ3v) is 4.94. The summed E-state index contributed by atoms with van der Waals surface area (Å²) in [5, 5.41) is 0. The molecule has 22 heavy (non-hydrogen) atoms. The monoisotopic (exact) mass is 310 g/mol. The van der Waals surface area contributed by atoms with Crippen molar-refractivity contribution in [3.63, 3.8) is 0 Å². The van der Waals surface area contributed by atoms with Crippen molar-refractivity contribution in [3.05, 3.63) is 60.2 Å². The predicted octanol–water partition coefficient (Wildman–Crippen LogP) is 5.41. The third kappa shape index (κ3) is 2.85. The van der Waals surface area contributed by atoms with Crippen molar-refractivity contribution in [1.82, 2.24) is 0 Å². The second-order valence-electron chi connectivity index (χ2n) is 5.09. The first-order valence-electron chi connectivity index (χ1n) is 7.10. The van der Waals surface area contributed by atoms with E-state index in [1.807, 2.05) is 24.3 Å². The lowest BCUT2D eigenvalue weighted by Gasteiger charge is -2.04. The van der Waals surface area contributed by atoms with Crippen molar-refractivity contribution < 1.29 is 9.47 Å². The highest BCUT2D eigenvalue weighted by Gasteiger charge is 2.10. The maximum Gasteiger partial charge on any atom is 0.119 e. The summed E-state index contributed by atoms with van der Waals surface area (Å²) in [6, 6.07) is 18.6.